The van der Waals surface area contributed by atoms with Crippen molar-refractivity contribution in [1.29, 1.82) is 0 Å². The number of benzene rings is 1. The van der Waals surface area contributed by atoms with E-state index in [2.05, 4.69) is 15.2 Å². The Bertz CT molecular complexity index is 1050. The maximum atomic E-state index is 14.0. The van der Waals surface area contributed by atoms with Crippen LogP contribution in [0.15, 0.2) is 52.9 Å². The second-order valence-corrected chi connectivity index (χ2v) is 8.66. The van der Waals surface area contributed by atoms with Crippen molar-refractivity contribution in [1.82, 2.24) is 15.2 Å². The first-order valence-electron chi connectivity index (χ1n) is 11.6. The highest BCUT2D eigenvalue weighted by Gasteiger charge is 2.58. The Morgan fingerprint density at radius 2 is 1.62 bits per heavy atom. The van der Waals surface area contributed by atoms with Gasteiger partial charge in [-0.05, 0) is 44.2 Å². The first-order valence-corrected chi connectivity index (χ1v) is 11.6. The molecule has 1 unspecified atom stereocenters. The van der Waals surface area contributed by atoms with Gasteiger partial charge in [-0.25, -0.2) is 4.98 Å². The van der Waals surface area contributed by atoms with Crippen molar-refractivity contribution in [2.45, 2.75) is 76.4 Å². The van der Waals surface area contributed by atoms with Crippen LogP contribution in [0.25, 0.3) is 11.6 Å². The normalized spacial score (nSPS) is 17.5. The van der Waals surface area contributed by atoms with E-state index in [0.717, 1.165) is 32.6 Å². The molecule has 0 N–H and O–H groups in total. The standard InChI is InChI=1S/C25H28F3N3O3/c1-24(25(26,27)28,32-17-18-11-6-5-7-12-18)23-31-30-22(34-23)20-15-10-16-21(29-20)33-19-13-8-3-2-4-9-14-19/h5-7,10-12,15-16,19H,2-4,8-9,13-14,17H2,1H3. The maximum Gasteiger partial charge on any atom is 0.426 e. The molecule has 1 aromatic carbocycles. The molecule has 1 atom stereocenters. The van der Waals surface area contributed by atoms with Gasteiger partial charge >= 0.3 is 6.18 Å². The van der Waals surface area contributed by atoms with Crippen molar-refractivity contribution in [2.24, 2.45) is 0 Å². The molecule has 1 aliphatic carbocycles. The summed E-state index contributed by atoms with van der Waals surface area (Å²) in [5.74, 6) is -0.419. The number of aromatic nitrogens is 3. The number of hydrogen-bond acceptors (Lipinski definition) is 6. The fraction of sp³-hybridized carbons (Fsp3) is 0.480. The van der Waals surface area contributed by atoms with Crippen LogP contribution in [-0.4, -0.2) is 27.5 Å². The molecule has 182 valence electrons. The molecule has 2 heterocycles. The number of halogens is 3. The predicted octanol–water partition coefficient (Wildman–Crippen LogP) is 6.62. The molecule has 1 fully saturated rings. The predicted molar refractivity (Wildman–Crippen MR) is 119 cm³/mol. The summed E-state index contributed by atoms with van der Waals surface area (Å²) in [5.41, 5.74) is -1.94. The van der Waals surface area contributed by atoms with Gasteiger partial charge in [-0.1, -0.05) is 55.7 Å². The van der Waals surface area contributed by atoms with Crippen molar-refractivity contribution in [3.63, 3.8) is 0 Å². The molecule has 1 aliphatic rings. The van der Waals surface area contributed by atoms with Gasteiger partial charge in [-0.3, -0.25) is 0 Å². The van der Waals surface area contributed by atoms with E-state index in [9.17, 15) is 13.2 Å². The van der Waals surface area contributed by atoms with Gasteiger partial charge in [0.2, 0.25) is 11.5 Å². The molecular weight excluding hydrogens is 447 g/mol. The fourth-order valence-corrected chi connectivity index (χ4v) is 3.89. The summed E-state index contributed by atoms with van der Waals surface area (Å²) in [5, 5.41) is 7.49. The molecule has 0 spiro atoms. The van der Waals surface area contributed by atoms with Crippen LogP contribution in [-0.2, 0) is 16.9 Å². The zero-order chi connectivity index (χ0) is 24.0. The van der Waals surface area contributed by atoms with Gasteiger partial charge < -0.3 is 13.9 Å². The highest BCUT2D eigenvalue weighted by molar-refractivity contribution is 5.47. The van der Waals surface area contributed by atoms with E-state index in [4.69, 9.17) is 13.9 Å². The Morgan fingerprint density at radius 1 is 0.912 bits per heavy atom. The molecule has 9 heteroatoms. The van der Waals surface area contributed by atoms with Gasteiger partial charge in [-0.2, -0.15) is 13.2 Å². The quantitative estimate of drug-likeness (QED) is 0.383. The maximum absolute atomic E-state index is 14.0. The molecule has 0 radical (unpaired) electrons. The summed E-state index contributed by atoms with van der Waals surface area (Å²) in [6, 6.07) is 13.6. The molecule has 0 bridgehead atoms. The smallest absolute Gasteiger partial charge is 0.426 e. The van der Waals surface area contributed by atoms with Crippen molar-refractivity contribution in [2.75, 3.05) is 0 Å². The summed E-state index contributed by atoms with van der Waals surface area (Å²) < 4.78 is 58.8. The van der Waals surface area contributed by atoms with Crippen molar-refractivity contribution >= 4 is 0 Å². The second-order valence-electron chi connectivity index (χ2n) is 8.66. The fourth-order valence-electron chi connectivity index (χ4n) is 3.89. The molecule has 2 aromatic heterocycles. The highest BCUT2D eigenvalue weighted by atomic mass is 19.4. The lowest BCUT2D eigenvalue weighted by molar-refractivity contribution is -0.289. The lowest BCUT2D eigenvalue weighted by atomic mass is 9.99. The Kier molecular flexibility index (Phi) is 7.50. The van der Waals surface area contributed by atoms with Gasteiger partial charge in [-0.15, -0.1) is 10.2 Å². The van der Waals surface area contributed by atoms with Crippen LogP contribution in [0.3, 0.4) is 0 Å². The molecule has 34 heavy (non-hydrogen) atoms. The van der Waals surface area contributed by atoms with Crippen molar-refractivity contribution in [3.8, 4) is 17.5 Å². The van der Waals surface area contributed by atoms with Crippen LogP contribution in [0.1, 0.15) is 63.3 Å². The third-order valence-electron chi connectivity index (χ3n) is 6.03. The molecule has 0 amide bonds. The number of rotatable bonds is 7. The van der Waals surface area contributed by atoms with E-state index >= 15 is 0 Å². The van der Waals surface area contributed by atoms with Gasteiger partial charge in [0.15, 0.2) is 0 Å². The van der Waals surface area contributed by atoms with E-state index in [1.807, 2.05) is 0 Å². The van der Waals surface area contributed by atoms with Gasteiger partial charge in [0.1, 0.15) is 11.8 Å². The van der Waals surface area contributed by atoms with Gasteiger partial charge in [0.05, 0.1) is 6.61 Å². The molecule has 0 saturated heterocycles. The minimum atomic E-state index is -4.78. The monoisotopic (exact) mass is 475 g/mol. The minimum Gasteiger partial charge on any atom is -0.474 e. The summed E-state index contributed by atoms with van der Waals surface area (Å²) >= 11 is 0. The van der Waals surface area contributed by atoms with Crippen LogP contribution in [0.5, 0.6) is 5.88 Å². The Labute approximate surface area is 196 Å². The number of pyridine rings is 1. The zero-order valence-corrected chi connectivity index (χ0v) is 19.1. The SMILES string of the molecule is CC(OCc1ccccc1)(c1nnc(-c2cccc(OC3CCCCCCC3)n2)o1)C(F)(F)F. The number of alkyl halides is 3. The number of hydrogen-bond donors (Lipinski definition) is 0. The topological polar surface area (TPSA) is 70.3 Å². The number of ether oxygens (including phenoxy) is 2. The van der Waals surface area contributed by atoms with Gasteiger partial charge in [0, 0.05) is 6.07 Å². The molecule has 6 nitrogen and oxygen atoms in total. The van der Waals surface area contributed by atoms with E-state index in [1.54, 1.807) is 48.5 Å². The third-order valence-corrected chi connectivity index (χ3v) is 6.03. The van der Waals surface area contributed by atoms with E-state index < -0.39 is 17.7 Å². The third kappa shape index (κ3) is 5.75. The summed E-state index contributed by atoms with van der Waals surface area (Å²) in [4.78, 5) is 4.40. The van der Waals surface area contributed by atoms with Crippen molar-refractivity contribution < 1.29 is 27.1 Å². The molecular formula is C25H28F3N3O3. The summed E-state index contributed by atoms with van der Waals surface area (Å²) in [6.07, 6.45) is 3.07. The largest absolute Gasteiger partial charge is 0.474 e. The van der Waals surface area contributed by atoms with E-state index in [1.165, 1.54) is 19.3 Å². The highest BCUT2D eigenvalue weighted by Crippen LogP contribution is 2.42. The van der Waals surface area contributed by atoms with Crippen LogP contribution >= 0.6 is 0 Å². The average molecular weight is 476 g/mol. The second kappa shape index (κ2) is 10.5. The number of nitrogens with zero attached hydrogens (tertiary/aromatic N) is 3. The van der Waals surface area contributed by atoms with Crippen LogP contribution < -0.4 is 4.74 Å². The lowest BCUT2D eigenvalue weighted by Crippen LogP contribution is -2.42. The first-order chi connectivity index (χ1) is 16.3. The Balaban J connectivity index is 1.52. The average Bonchev–Trinajstić information content (AvgIpc) is 3.30. The van der Waals surface area contributed by atoms with Gasteiger partial charge in [0.25, 0.3) is 11.8 Å². The molecule has 4 rings (SSSR count). The molecule has 0 aliphatic heterocycles. The Hall–Kier alpha value is -2.94. The lowest BCUT2D eigenvalue weighted by Gasteiger charge is -2.28. The summed E-state index contributed by atoms with van der Waals surface area (Å²) in [6.45, 7) is 0.617. The zero-order valence-electron chi connectivity index (χ0n) is 19.1. The van der Waals surface area contributed by atoms with E-state index in [0.29, 0.717) is 11.4 Å². The minimum absolute atomic E-state index is 0.0706. The molecule has 1 saturated carbocycles. The van der Waals surface area contributed by atoms with E-state index in [-0.39, 0.29) is 24.3 Å². The molecule has 3 aromatic rings. The summed E-state index contributed by atoms with van der Waals surface area (Å²) in [7, 11) is 0. The van der Waals surface area contributed by atoms with Crippen molar-refractivity contribution in [3.05, 3.63) is 60.0 Å². The van der Waals surface area contributed by atoms with Crippen LogP contribution in [0.2, 0.25) is 0 Å². The Morgan fingerprint density at radius 3 is 2.32 bits per heavy atom. The van der Waals surface area contributed by atoms with Crippen LogP contribution in [0, 0.1) is 0 Å². The first kappa shape index (κ1) is 24.2. The van der Waals surface area contributed by atoms with Crippen LogP contribution in [0.4, 0.5) is 13.2 Å².